The van der Waals surface area contributed by atoms with Crippen molar-refractivity contribution < 1.29 is 22.7 Å². The van der Waals surface area contributed by atoms with Crippen LogP contribution < -0.4 is 10.9 Å². The number of fused-ring (bicyclic) bond motifs is 1. The van der Waals surface area contributed by atoms with Crippen LogP contribution >= 0.6 is 0 Å². The second-order valence-corrected chi connectivity index (χ2v) is 8.73. The molecule has 3 aromatic rings. The number of ether oxygens (including phenoxy) is 1. The molecule has 4 rings (SSSR count). The van der Waals surface area contributed by atoms with Gasteiger partial charge in [0.05, 0.1) is 40.3 Å². The lowest BCUT2D eigenvalue weighted by Crippen LogP contribution is -2.48. The second kappa shape index (κ2) is 9.25. The Bertz CT molecular complexity index is 1300. The van der Waals surface area contributed by atoms with E-state index in [4.69, 9.17) is 4.74 Å². The first kappa shape index (κ1) is 24.6. The fourth-order valence-corrected chi connectivity index (χ4v) is 4.23. The SMILES string of the molecule is Cc1nc2cc(C(F)(F)F)c([C@H](C)Nc3ncc(C(=O)N4C[C@@H](C)O[C@@H](C)C4)cn3)cc2c(=O)[nH]1. The van der Waals surface area contributed by atoms with Gasteiger partial charge in [-0.25, -0.2) is 15.0 Å². The maximum absolute atomic E-state index is 13.8. The highest BCUT2D eigenvalue weighted by Gasteiger charge is 2.35. The Kier molecular flexibility index (Phi) is 6.50. The van der Waals surface area contributed by atoms with Crippen molar-refractivity contribution in [3.63, 3.8) is 0 Å². The van der Waals surface area contributed by atoms with Gasteiger partial charge in [-0.1, -0.05) is 0 Å². The van der Waals surface area contributed by atoms with Gasteiger partial charge in [0, 0.05) is 25.5 Å². The highest BCUT2D eigenvalue weighted by Crippen LogP contribution is 2.37. The van der Waals surface area contributed by atoms with Gasteiger partial charge >= 0.3 is 6.18 Å². The van der Waals surface area contributed by atoms with Crippen LogP contribution in [0, 0.1) is 6.92 Å². The van der Waals surface area contributed by atoms with E-state index in [0.29, 0.717) is 13.1 Å². The second-order valence-electron chi connectivity index (χ2n) is 8.73. The normalized spacial score (nSPS) is 19.6. The topological polar surface area (TPSA) is 113 Å². The van der Waals surface area contributed by atoms with Crippen LogP contribution in [0.3, 0.4) is 0 Å². The molecule has 1 aliphatic rings. The lowest BCUT2D eigenvalue weighted by atomic mass is 9.98. The number of alkyl halides is 3. The van der Waals surface area contributed by atoms with Crippen LogP contribution in [0.2, 0.25) is 0 Å². The Morgan fingerprint density at radius 1 is 1.20 bits per heavy atom. The lowest BCUT2D eigenvalue weighted by molar-refractivity contribution is -0.138. The number of rotatable bonds is 4. The lowest BCUT2D eigenvalue weighted by Gasteiger charge is -2.35. The third-order valence-corrected chi connectivity index (χ3v) is 5.72. The van der Waals surface area contributed by atoms with Gasteiger partial charge in [0.1, 0.15) is 5.82 Å². The van der Waals surface area contributed by atoms with Gasteiger partial charge in [-0.15, -0.1) is 0 Å². The molecule has 1 saturated heterocycles. The molecule has 0 unspecified atom stereocenters. The number of amides is 1. The molecule has 1 fully saturated rings. The molecule has 0 spiro atoms. The highest BCUT2D eigenvalue weighted by molar-refractivity contribution is 5.93. The summed E-state index contributed by atoms with van der Waals surface area (Å²) < 4.78 is 47.1. The number of aromatic amines is 1. The van der Waals surface area contributed by atoms with Crippen molar-refractivity contribution >= 4 is 22.8 Å². The van der Waals surface area contributed by atoms with E-state index in [9.17, 15) is 22.8 Å². The minimum Gasteiger partial charge on any atom is -0.372 e. The minimum atomic E-state index is -4.67. The fourth-order valence-electron chi connectivity index (χ4n) is 4.23. The molecule has 2 N–H and O–H groups in total. The first-order chi connectivity index (χ1) is 16.4. The number of carbonyl (C=O) groups is 1. The first-order valence-electron chi connectivity index (χ1n) is 11.1. The van der Waals surface area contributed by atoms with Crippen molar-refractivity contribution in [1.29, 1.82) is 0 Å². The number of aromatic nitrogens is 4. The molecule has 12 heteroatoms. The van der Waals surface area contributed by atoms with Crippen LogP contribution in [0.15, 0.2) is 29.3 Å². The molecule has 0 aliphatic carbocycles. The number of aryl methyl sites for hydroxylation is 1. The van der Waals surface area contributed by atoms with Crippen molar-refractivity contribution in [3.8, 4) is 0 Å². The van der Waals surface area contributed by atoms with Gasteiger partial charge < -0.3 is 19.9 Å². The highest BCUT2D eigenvalue weighted by atomic mass is 19.4. The Balaban J connectivity index is 1.59. The number of hydrogen-bond acceptors (Lipinski definition) is 7. The van der Waals surface area contributed by atoms with Crippen molar-refractivity contribution in [1.82, 2.24) is 24.8 Å². The Morgan fingerprint density at radius 2 is 1.83 bits per heavy atom. The molecule has 1 amide bonds. The third kappa shape index (κ3) is 5.26. The number of halogens is 3. The maximum atomic E-state index is 13.8. The predicted molar refractivity (Wildman–Crippen MR) is 122 cm³/mol. The molecule has 3 atom stereocenters. The smallest absolute Gasteiger partial charge is 0.372 e. The van der Waals surface area contributed by atoms with E-state index in [0.717, 1.165) is 6.07 Å². The molecule has 2 aromatic heterocycles. The Morgan fingerprint density at radius 3 is 2.43 bits per heavy atom. The monoisotopic (exact) mass is 490 g/mol. The van der Waals surface area contributed by atoms with E-state index >= 15 is 0 Å². The molecule has 9 nitrogen and oxygen atoms in total. The number of carbonyl (C=O) groups excluding carboxylic acids is 1. The number of hydrogen-bond donors (Lipinski definition) is 2. The summed E-state index contributed by atoms with van der Waals surface area (Å²) >= 11 is 0. The van der Waals surface area contributed by atoms with Crippen molar-refractivity contribution in [2.45, 2.75) is 52.1 Å². The fraction of sp³-hybridized carbons (Fsp3) is 0.435. The number of morpholine rings is 1. The van der Waals surface area contributed by atoms with E-state index < -0.39 is 23.3 Å². The van der Waals surface area contributed by atoms with Gasteiger partial charge in [-0.05, 0) is 45.4 Å². The zero-order valence-corrected chi connectivity index (χ0v) is 19.6. The zero-order valence-electron chi connectivity index (χ0n) is 19.6. The minimum absolute atomic E-state index is 0.0413. The maximum Gasteiger partial charge on any atom is 0.416 e. The van der Waals surface area contributed by atoms with Crippen LogP contribution in [0.25, 0.3) is 10.9 Å². The summed E-state index contributed by atoms with van der Waals surface area (Å²) in [6.07, 6.45) is -2.20. The predicted octanol–water partition coefficient (Wildman–Crippen LogP) is 3.46. The molecule has 1 aromatic carbocycles. The summed E-state index contributed by atoms with van der Waals surface area (Å²) in [6.45, 7) is 7.65. The summed E-state index contributed by atoms with van der Waals surface area (Å²) in [5.74, 6) is 0.0167. The molecule has 0 saturated carbocycles. The van der Waals surface area contributed by atoms with Crippen molar-refractivity contribution in [2.24, 2.45) is 0 Å². The molecule has 1 aliphatic heterocycles. The molecule has 3 heterocycles. The van der Waals surface area contributed by atoms with Crippen LogP contribution in [-0.2, 0) is 10.9 Å². The van der Waals surface area contributed by atoms with Crippen LogP contribution in [0.5, 0.6) is 0 Å². The summed E-state index contributed by atoms with van der Waals surface area (Å²) in [4.78, 5) is 41.5. The number of benzene rings is 1. The summed E-state index contributed by atoms with van der Waals surface area (Å²) in [5.41, 5.74) is -1.37. The molecular weight excluding hydrogens is 465 g/mol. The van der Waals surface area contributed by atoms with E-state index in [-0.39, 0.29) is 51.9 Å². The standard InChI is InChI=1S/C23H25F3N6O3/c1-11-9-32(10-12(2)35-11)21(34)15-7-27-22(28-8-15)29-13(3)16-5-17-19(6-18(16)23(24,25)26)30-14(4)31-20(17)33/h5-8,11-13H,9-10H2,1-4H3,(H,27,28,29)(H,30,31,33)/t11-,12+,13-/m0/s1. The van der Waals surface area contributed by atoms with Gasteiger partial charge in [0.2, 0.25) is 5.95 Å². The molecule has 35 heavy (non-hydrogen) atoms. The number of nitrogens with one attached hydrogen (secondary N) is 2. The molecule has 0 radical (unpaired) electrons. The van der Waals surface area contributed by atoms with Crippen molar-refractivity contribution in [3.05, 3.63) is 57.4 Å². The largest absolute Gasteiger partial charge is 0.416 e. The average molecular weight is 490 g/mol. The van der Waals surface area contributed by atoms with E-state index in [2.05, 4.69) is 25.3 Å². The van der Waals surface area contributed by atoms with Crippen LogP contribution in [0.4, 0.5) is 19.1 Å². The van der Waals surface area contributed by atoms with Gasteiger partial charge in [-0.2, -0.15) is 13.2 Å². The van der Waals surface area contributed by atoms with Crippen LogP contribution in [-0.4, -0.2) is 56.0 Å². The molecule has 186 valence electrons. The van der Waals surface area contributed by atoms with Gasteiger partial charge in [0.25, 0.3) is 11.5 Å². The summed E-state index contributed by atoms with van der Waals surface area (Å²) in [6, 6.07) is 1.15. The van der Waals surface area contributed by atoms with Crippen molar-refractivity contribution in [2.75, 3.05) is 18.4 Å². The molecular formula is C23H25F3N6O3. The third-order valence-electron chi connectivity index (χ3n) is 5.72. The average Bonchev–Trinajstić information content (AvgIpc) is 2.77. The van der Waals surface area contributed by atoms with Gasteiger partial charge in [-0.3, -0.25) is 9.59 Å². The summed E-state index contributed by atoms with van der Waals surface area (Å²) in [5, 5.41) is 2.87. The van der Waals surface area contributed by atoms with Crippen LogP contribution in [0.1, 0.15) is 54.1 Å². The van der Waals surface area contributed by atoms with E-state index in [1.54, 1.807) is 4.90 Å². The number of H-pyrrole nitrogens is 1. The number of anilines is 1. The Labute approximate surface area is 198 Å². The van der Waals surface area contributed by atoms with E-state index in [1.165, 1.54) is 32.3 Å². The number of nitrogens with zero attached hydrogens (tertiary/aromatic N) is 4. The zero-order chi connectivity index (χ0) is 25.5. The first-order valence-corrected chi connectivity index (χ1v) is 11.1. The summed E-state index contributed by atoms with van der Waals surface area (Å²) in [7, 11) is 0. The quantitative estimate of drug-likeness (QED) is 0.576. The van der Waals surface area contributed by atoms with E-state index in [1.807, 2.05) is 13.8 Å². The molecule has 0 bridgehead atoms. The van der Waals surface area contributed by atoms with Gasteiger partial charge in [0.15, 0.2) is 0 Å². The Hall–Kier alpha value is -3.54.